The monoisotopic (exact) mass is 669 g/mol. The molecule has 5 rings (SSSR count). The van der Waals surface area contributed by atoms with Crippen LogP contribution in [-0.2, 0) is 5.60 Å². The van der Waals surface area contributed by atoms with Crippen LogP contribution in [-0.4, -0.2) is 83.3 Å². The molecule has 0 spiro atoms. The van der Waals surface area contributed by atoms with Crippen molar-refractivity contribution in [1.82, 2.24) is 19.8 Å². The second-order valence-electron chi connectivity index (χ2n) is 12.7. The molecule has 238 valence electrons. The number of ether oxygens (including phenoxy) is 1. The van der Waals surface area contributed by atoms with Crippen LogP contribution in [0.2, 0.25) is 0 Å². The number of hydrogen-bond donors (Lipinski definition) is 3. The third kappa shape index (κ3) is 7.80. The molecule has 2 fully saturated rings. The van der Waals surface area contributed by atoms with Crippen LogP contribution in [0.5, 0.6) is 5.75 Å². The molecule has 0 unspecified atom stereocenters. The summed E-state index contributed by atoms with van der Waals surface area (Å²) in [5.74, 6) is 1.10. The summed E-state index contributed by atoms with van der Waals surface area (Å²) in [7, 11) is 2.21. The molecule has 0 radical (unpaired) electrons. The summed E-state index contributed by atoms with van der Waals surface area (Å²) in [5.41, 5.74) is 2.88. The lowest BCUT2D eigenvalue weighted by molar-refractivity contribution is 0.0793. The molecule has 3 N–H and O–H groups in total. The van der Waals surface area contributed by atoms with Gasteiger partial charge in [0.25, 0.3) is 0 Å². The van der Waals surface area contributed by atoms with Crippen molar-refractivity contribution in [2.24, 2.45) is 0 Å². The first kappa shape index (κ1) is 32.4. The Kier molecular flexibility index (Phi) is 9.99. The Labute approximate surface area is 268 Å². The van der Waals surface area contributed by atoms with Gasteiger partial charge >= 0.3 is 0 Å². The van der Waals surface area contributed by atoms with E-state index in [2.05, 4.69) is 77.3 Å². The highest BCUT2D eigenvalue weighted by molar-refractivity contribution is 9.10. The third-order valence-corrected chi connectivity index (χ3v) is 8.98. The van der Waals surface area contributed by atoms with E-state index < -0.39 is 11.4 Å². The van der Waals surface area contributed by atoms with Crippen LogP contribution in [0.25, 0.3) is 0 Å². The van der Waals surface area contributed by atoms with E-state index in [0.29, 0.717) is 33.5 Å². The van der Waals surface area contributed by atoms with Crippen molar-refractivity contribution in [2.45, 2.75) is 65.2 Å². The zero-order chi connectivity index (χ0) is 31.6. The fraction of sp³-hybridized carbons (Fsp3) is 0.515. The van der Waals surface area contributed by atoms with Gasteiger partial charge < -0.3 is 30.3 Å². The maximum Gasteiger partial charge on any atom is 0.229 e. The Balaban J connectivity index is 1.36. The molecule has 9 nitrogen and oxygen atoms in total. The molecule has 0 amide bonds. The van der Waals surface area contributed by atoms with Gasteiger partial charge in [0.05, 0.1) is 21.9 Å². The molecule has 0 aliphatic carbocycles. The maximum absolute atomic E-state index is 14.2. The van der Waals surface area contributed by atoms with Gasteiger partial charge in [0.2, 0.25) is 5.95 Å². The summed E-state index contributed by atoms with van der Waals surface area (Å²) in [6, 6.07) is 9.13. The predicted molar refractivity (Wildman–Crippen MR) is 179 cm³/mol. The van der Waals surface area contributed by atoms with Gasteiger partial charge in [-0.05, 0) is 94.2 Å². The number of piperazine rings is 1. The number of anilines is 5. The lowest BCUT2D eigenvalue weighted by atomic mass is 9.96. The Morgan fingerprint density at radius 2 is 1.73 bits per heavy atom. The van der Waals surface area contributed by atoms with Crippen LogP contribution in [0.4, 0.5) is 33.2 Å². The Morgan fingerprint density at radius 3 is 2.39 bits per heavy atom. The molecule has 2 aliphatic heterocycles. The smallest absolute Gasteiger partial charge is 0.229 e. The number of halogens is 2. The van der Waals surface area contributed by atoms with Crippen molar-refractivity contribution < 1.29 is 14.2 Å². The Hall–Kier alpha value is -2.99. The highest BCUT2D eigenvalue weighted by Gasteiger charge is 2.28. The summed E-state index contributed by atoms with van der Waals surface area (Å²) < 4.78 is 21.1. The van der Waals surface area contributed by atoms with Crippen LogP contribution < -0.4 is 20.3 Å². The van der Waals surface area contributed by atoms with E-state index in [1.807, 2.05) is 13.8 Å². The zero-order valence-corrected chi connectivity index (χ0v) is 28.2. The van der Waals surface area contributed by atoms with Gasteiger partial charge in [0.1, 0.15) is 17.4 Å². The number of aliphatic hydroxyl groups is 1. The fourth-order valence-corrected chi connectivity index (χ4v) is 6.33. The molecule has 44 heavy (non-hydrogen) atoms. The van der Waals surface area contributed by atoms with Crippen LogP contribution in [0, 0.1) is 12.7 Å². The largest absolute Gasteiger partial charge is 0.489 e. The molecule has 0 saturated carbocycles. The summed E-state index contributed by atoms with van der Waals surface area (Å²) in [6.07, 6.45) is 3.93. The fourth-order valence-electron chi connectivity index (χ4n) is 6.04. The standard InChI is InChI=1S/C33H45BrFN7O2/c1-21(2)44-30-19-29(42-11-9-24(10-12-42)41-15-13-40(6)14-16-41)22(3)17-28(30)38-32-36-20-26(34)31(39-32)37-27-18-23(35)7-8-25(27)33(4,5)43/h7-8,17-21,24,43H,9-16H2,1-6H3,(H2,36,37,38,39). The zero-order valence-electron chi connectivity index (χ0n) is 26.6. The number of nitrogens with one attached hydrogen (secondary N) is 2. The average Bonchev–Trinajstić information content (AvgIpc) is 2.96. The maximum atomic E-state index is 14.2. The summed E-state index contributed by atoms with van der Waals surface area (Å²) in [5, 5.41) is 17.2. The number of benzene rings is 2. The van der Waals surface area contributed by atoms with Crippen molar-refractivity contribution in [3.8, 4) is 5.75 Å². The molecule has 2 saturated heterocycles. The normalized spacial score (nSPS) is 17.3. The van der Waals surface area contributed by atoms with Gasteiger partial charge in [0, 0.05) is 74.5 Å². The average molecular weight is 671 g/mol. The second-order valence-corrected chi connectivity index (χ2v) is 13.6. The van der Waals surface area contributed by atoms with E-state index in [1.165, 1.54) is 17.8 Å². The van der Waals surface area contributed by atoms with E-state index in [-0.39, 0.29) is 6.10 Å². The van der Waals surface area contributed by atoms with E-state index in [1.54, 1.807) is 26.1 Å². The van der Waals surface area contributed by atoms with Crippen molar-refractivity contribution in [3.63, 3.8) is 0 Å². The third-order valence-electron chi connectivity index (χ3n) is 8.40. The first-order valence-corrected chi connectivity index (χ1v) is 16.2. The Bertz CT molecular complexity index is 1450. The highest BCUT2D eigenvalue weighted by atomic mass is 79.9. The molecule has 1 aromatic heterocycles. The molecule has 3 aromatic rings. The molecular weight excluding hydrogens is 625 g/mol. The molecule has 3 heterocycles. The van der Waals surface area contributed by atoms with Crippen molar-refractivity contribution in [3.05, 3.63) is 57.9 Å². The number of aromatic nitrogens is 2. The molecule has 2 aliphatic rings. The topological polar surface area (TPSA) is 89.0 Å². The van der Waals surface area contributed by atoms with E-state index in [0.717, 1.165) is 69.1 Å². The van der Waals surface area contributed by atoms with Crippen LogP contribution in [0.3, 0.4) is 0 Å². The van der Waals surface area contributed by atoms with Crippen molar-refractivity contribution in [1.29, 1.82) is 0 Å². The molecular formula is C33H45BrFN7O2. The van der Waals surface area contributed by atoms with E-state index in [9.17, 15) is 9.50 Å². The lowest BCUT2D eigenvalue weighted by Gasteiger charge is -2.43. The summed E-state index contributed by atoms with van der Waals surface area (Å²) in [6.45, 7) is 16.1. The number of hydrogen-bond acceptors (Lipinski definition) is 9. The van der Waals surface area contributed by atoms with Gasteiger partial charge in [-0.1, -0.05) is 6.07 Å². The van der Waals surface area contributed by atoms with Gasteiger partial charge in [-0.15, -0.1) is 0 Å². The van der Waals surface area contributed by atoms with Crippen molar-refractivity contribution in [2.75, 3.05) is 61.8 Å². The van der Waals surface area contributed by atoms with E-state index in [4.69, 9.17) is 4.74 Å². The minimum Gasteiger partial charge on any atom is -0.489 e. The van der Waals surface area contributed by atoms with Crippen LogP contribution in [0.15, 0.2) is 41.0 Å². The SMILES string of the molecule is Cc1cc(Nc2ncc(Br)c(Nc3cc(F)ccc3C(C)(C)O)n2)c(OC(C)C)cc1N1CCC(N2CCN(C)CC2)CC1. The molecule has 11 heteroatoms. The summed E-state index contributed by atoms with van der Waals surface area (Å²) >= 11 is 3.50. The number of rotatable bonds is 9. The first-order valence-electron chi connectivity index (χ1n) is 15.4. The molecule has 0 atom stereocenters. The number of nitrogens with zero attached hydrogens (tertiary/aromatic N) is 5. The number of piperidine rings is 1. The number of likely N-dealkylation sites (N-methyl/N-ethyl adjacent to an activating group) is 1. The first-order chi connectivity index (χ1) is 20.9. The van der Waals surface area contributed by atoms with Crippen LogP contribution in [0.1, 0.15) is 51.7 Å². The van der Waals surface area contributed by atoms with Gasteiger partial charge in [0.15, 0.2) is 0 Å². The minimum atomic E-state index is -1.18. The minimum absolute atomic E-state index is 0.0228. The molecule has 2 aromatic carbocycles. The second kappa shape index (κ2) is 13.6. The highest BCUT2D eigenvalue weighted by Crippen LogP contribution is 2.38. The number of aryl methyl sites for hydroxylation is 1. The van der Waals surface area contributed by atoms with Gasteiger partial charge in [-0.3, -0.25) is 4.90 Å². The van der Waals surface area contributed by atoms with E-state index >= 15 is 0 Å². The van der Waals surface area contributed by atoms with Crippen LogP contribution >= 0.6 is 15.9 Å². The van der Waals surface area contributed by atoms with Crippen molar-refractivity contribution >= 4 is 44.8 Å². The predicted octanol–water partition coefficient (Wildman–Crippen LogP) is 6.40. The Morgan fingerprint density at radius 1 is 1.02 bits per heavy atom. The quantitative estimate of drug-likeness (QED) is 0.239. The molecule has 0 bridgehead atoms. The van der Waals surface area contributed by atoms with Gasteiger partial charge in [-0.2, -0.15) is 4.98 Å². The summed E-state index contributed by atoms with van der Waals surface area (Å²) in [4.78, 5) is 16.7. The lowest BCUT2D eigenvalue weighted by Crippen LogP contribution is -2.52. The van der Waals surface area contributed by atoms with Gasteiger partial charge in [-0.25, -0.2) is 9.37 Å².